The fourth-order valence-electron chi connectivity index (χ4n) is 2.65. The largest absolute Gasteiger partial charge is 0.372 e. The van der Waals surface area contributed by atoms with Crippen molar-refractivity contribution in [1.29, 1.82) is 0 Å². The lowest BCUT2D eigenvalue weighted by Gasteiger charge is -2.21. The summed E-state index contributed by atoms with van der Waals surface area (Å²) in [5.41, 5.74) is 3.18. The second-order valence-electron chi connectivity index (χ2n) is 7.87. The van der Waals surface area contributed by atoms with Gasteiger partial charge in [0.1, 0.15) is 0 Å². The topological polar surface area (TPSA) is 74.8 Å². The van der Waals surface area contributed by atoms with Gasteiger partial charge in [0, 0.05) is 19.1 Å². The Morgan fingerprint density at radius 3 is 2.03 bits per heavy atom. The van der Waals surface area contributed by atoms with Crippen LogP contribution in [0.2, 0.25) is 0 Å². The van der Waals surface area contributed by atoms with Crippen molar-refractivity contribution in [2.75, 3.05) is 13.6 Å². The molecule has 7 heteroatoms. The lowest BCUT2D eigenvalue weighted by Crippen LogP contribution is -2.48. The zero-order valence-electron chi connectivity index (χ0n) is 18.2. The van der Waals surface area contributed by atoms with Gasteiger partial charge in [-0.2, -0.15) is 0 Å². The van der Waals surface area contributed by atoms with Gasteiger partial charge in [0.05, 0.1) is 19.8 Å². The highest BCUT2D eigenvalue weighted by molar-refractivity contribution is 14.0. The number of rotatable bonds is 8. The molecule has 0 fully saturated rings. The van der Waals surface area contributed by atoms with Crippen LogP contribution >= 0.6 is 24.0 Å². The first-order valence-corrected chi connectivity index (χ1v) is 9.81. The quantitative estimate of drug-likeness (QED) is 0.280. The van der Waals surface area contributed by atoms with E-state index in [4.69, 9.17) is 4.74 Å². The minimum atomic E-state index is -0.248. The van der Waals surface area contributed by atoms with Crippen molar-refractivity contribution in [1.82, 2.24) is 16.0 Å². The van der Waals surface area contributed by atoms with Gasteiger partial charge in [0.25, 0.3) is 0 Å². The average molecular weight is 524 g/mol. The summed E-state index contributed by atoms with van der Waals surface area (Å²) in [6.07, 6.45) is 0. The molecular weight excluding hydrogens is 491 g/mol. The van der Waals surface area contributed by atoms with Gasteiger partial charge in [-0.1, -0.05) is 54.6 Å². The highest BCUT2D eigenvalue weighted by Crippen LogP contribution is 2.08. The summed E-state index contributed by atoms with van der Waals surface area (Å²) in [6, 6.07) is 18.4. The van der Waals surface area contributed by atoms with E-state index in [9.17, 15) is 4.79 Å². The maximum Gasteiger partial charge on any atom is 0.239 e. The summed E-state index contributed by atoms with van der Waals surface area (Å²) in [5.74, 6) is 0.518. The highest BCUT2D eigenvalue weighted by Gasteiger charge is 2.13. The molecule has 0 unspecified atom stereocenters. The molecule has 2 aromatic rings. The Hall–Kier alpha value is -2.13. The van der Waals surface area contributed by atoms with Crippen LogP contribution in [0.3, 0.4) is 0 Å². The number of amides is 1. The lowest BCUT2D eigenvalue weighted by molar-refractivity contribution is -0.121. The number of hydrogen-bond acceptors (Lipinski definition) is 3. The first kappa shape index (κ1) is 25.9. The summed E-state index contributed by atoms with van der Waals surface area (Å²) in [5, 5.41) is 9.15. The zero-order chi connectivity index (χ0) is 21.1. The molecule has 2 rings (SSSR count). The third-order valence-corrected chi connectivity index (χ3v) is 4.02. The van der Waals surface area contributed by atoms with E-state index in [1.54, 1.807) is 7.05 Å². The average Bonchev–Trinajstić information content (AvgIpc) is 2.69. The third-order valence-electron chi connectivity index (χ3n) is 4.02. The van der Waals surface area contributed by atoms with E-state index in [2.05, 4.69) is 57.3 Å². The summed E-state index contributed by atoms with van der Waals surface area (Å²) in [4.78, 5) is 16.1. The van der Waals surface area contributed by atoms with Crippen molar-refractivity contribution in [3.8, 4) is 0 Å². The molecule has 0 radical (unpaired) electrons. The maximum absolute atomic E-state index is 11.9. The van der Waals surface area contributed by atoms with Crippen molar-refractivity contribution in [3.05, 3.63) is 71.3 Å². The van der Waals surface area contributed by atoms with Crippen LogP contribution in [0, 0.1) is 0 Å². The van der Waals surface area contributed by atoms with Crippen molar-refractivity contribution in [3.63, 3.8) is 0 Å². The van der Waals surface area contributed by atoms with Crippen LogP contribution in [0.25, 0.3) is 0 Å². The van der Waals surface area contributed by atoms with Gasteiger partial charge in [-0.3, -0.25) is 9.79 Å². The number of carbonyl (C=O) groups is 1. The molecule has 0 aliphatic carbocycles. The van der Waals surface area contributed by atoms with Gasteiger partial charge < -0.3 is 20.7 Å². The Morgan fingerprint density at radius 1 is 0.900 bits per heavy atom. The second-order valence-corrected chi connectivity index (χ2v) is 7.87. The number of aliphatic imine (C=N–C) groups is 1. The third kappa shape index (κ3) is 10.6. The smallest absolute Gasteiger partial charge is 0.239 e. The molecule has 0 saturated heterocycles. The molecule has 0 saturated carbocycles. The van der Waals surface area contributed by atoms with Gasteiger partial charge >= 0.3 is 0 Å². The van der Waals surface area contributed by atoms with Crippen molar-refractivity contribution >= 4 is 35.8 Å². The fourth-order valence-corrected chi connectivity index (χ4v) is 2.65. The number of nitrogens with zero attached hydrogens (tertiary/aromatic N) is 1. The molecule has 1 amide bonds. The first-order chi connectivity index (χ1) is 13.9. The van der Waals surface area contributed by atoms with Gasteiger partial charge in [-0.05, 0) is 37.5 Å². The Balaban J connectivity index is 0.00000450. The molecule has 0 bridgehead atoms. The van der Waals surface area contributed by atoms with Gasteiger partial charge in [0.2, 0.25) is 5.91 Å². The minimum Gasteiger partial charge on any atom is -0.372 e. The van der Waals surface area contributed by atoms with Gasteiger partial charge in [-0.25, -0.2) is 0 Å². The van der Waals surface area contributed by atoms with E-state index < -0.39 is 0 Å². The van der Waals surface area contributed by atoms with Crippen LogP contribution in [0.15, 0.2) is 59.6 Å². The molecule has 6 nitrogen and oxygen atoms in total. The molecule has 0 aliphatic rings. The van der Waals surface area contributed by atoms with Gasteiger partial charge in [0.15, 0.2) is 5.96 Å². The van der Waals surface area contributed by atoms with E-state index >= 15 is 0 Å². The molecule has 0 aliphatic heterocycles. The van der Waals surface area contributed by atoms with Gasteiger partial charge in [-0.15, -0.1) is 24.0 Å². The summed E-state index contributed by atoms with van der Waals surface area (Å²) < 4.78 is 5.77. The molecule has 0 heterocycles. The van der Waals surface area contributed by atoms with Crippen molar-refractivity contribution < 1.29 is 9.53 Å². The van der Waals surface area contributed by atoms with E-state index in [1.165, 1.54) is 5.56 Å². The Kier molecular flexibility index (Phi) is 11.4. The summed E-state index contributed by atoms with van der Waals surface area (Å²) >= 11 is 0. The molecule has 164 valence electrons. The molecule has 0 aromatic heterocycles. The van der Waals surface area contributed by atoms with E-state index in [0.29, 0.717) is 25.7 Å². The molecule has 30 heavy (non-hydrogen) atoms. The van der Waals surface area contributed by atoms with Crippen LogP contribution in [-0.4, -0.2) is 31.0 Å². The predicted octanol–water partition coefficient (Wildman–Crippen LogP) is 3.60. The number of nitrogens with one attached hydrogen (secondary N) is 3. The molecular formula is C23H33IN4O2. The van der Waals surface area contributed by atoms with E-state index in [0.717, 1.165) is 11.1 Å². The monoisotopic (exact) mass is 524 g/mol. The standard InChI is InChI=1S/C23H32N4O2.HI/c1-23(2,3)27-21(28)15-26-22(24-4)25-14-18-10-12-20(13-11-18)17-29-16-19-8-6-5-7-9-19;/h5-13H,14-17H2,1-4H3,(H,27,28)(H2,24,25,26);1H. The highest BCUT2D eigenvalue weighted by atomic mass is 127. The van der Waals surface area contributed by atoms with E-state index in [-0.39, 0.29) is 42.0 Å². The Bertz CT molecular complexity index is 787. The van der Waals surface area contributed by atoms with Crippen LogP contribution < -0.4 is 16.0 Å². The first-order valence-electron chi connectivity index (χ1n) is 9.81. The van der Waals surface area contributed by atoms with Crippen LogP contribution in [0.4, 0.5) is 0 Å². The normalized spacial score (nSPS) is 11.4. The minimum absolute atomic E-state index is 0. The van der Waals surface area contributed by atoms with Crippen LogP contribution in [0.5, 0.6) is 0 Å². The van der Waals surface area contributed by atoms with Crippen LogP contribution in [-0.2, 0) is 29.3 Å². The zero-order valence-corrected chi connectivity index (χ0v) is 20.5. The number of benzene rings is 2. The molecule has 0 atom stereocenters. The second kappa shape index (κ2) is 13.2. The SMILES string of the molecule is CN=C(NCC(=O)NC(C)(C)C)NCc1ccc(COCc2ccccc2)cc1.I. The fraction of sp³-hybridized carbons (Fsp3) is 0.391. The Morgan fingerprint density at radius 2 is 1.47 bits per heavy atom. The number of guanidine groups is 1. The van der Waals surface area contributed by atoms with Crippen LogP contribution in [0.1, 0.15) is 37.5 Å². The maximum atomic E-state index is 11.9. The summed E-state index contributed by atoms with van der Waals surface area (Å²) in [6.45, 7) is 7.83. The molecule has 2 aromatic carbocycles. The molecule has 0 spiro atoms. The Labute approximate surface area is 196 Å². The number of ether oxygens (including phenoxy) is 1. The van der Waals surface area contributed by atoms with Crippen molar-refractivity contribution in [2.45, 2.75) is 46.1 Å². The summed E-state index contributed by atoms with van der Waals surface area (Å²) in [7, 11) is 1.68. The number of halogens is 1. The predicted molar refractivity (Wildman–Crippen MR) is 133 cm³/mol. The van der Waals surface area contributed by atoms with E-state index in [1.807, 2.05) is 39.0 Å². The molecule has 3 N–H and O–H groups in total. The number of carbonyl (C=O) groups excluding carboxylic acids is 1. The number of hydrogen-bond donors (Lipinski definition) is 3. The lowest BCUT2D eigenvalue weighted by atomic mass is 10.1. The van der Waals surface area contributed by atoms with Crippen molar-refractivity contribution in [2.24, 2.45) is 4.99 Å².